The van der Waals surface area contributed by atoms with Crippen molar-refractivity contribution in [2.75, 3.05) is 0 Å². The summed E-state index contributed by atoms with van der Waals surface area (Å²) >= 11 is 5.11. The van der Waals surface area contributed by atoms with Crippen LogP contribution in [0.5, 0.6) is 0 Å². The van der Waals surface area contributed by atoms with Crippen molar-refractivity contribution in [3.05, 3.63) is 64.3 Å². The zero-order chi connectivity index (χ0) is 31.7. The van der Waals surface area contributed by atoms with Crippen LogP contribution in [0.4, 0.5) is 0 Å². The van der Waals surface area contributed by atoms with Crippen LogP contribution in [0.2, 0.25) is 0 Å². The molecule has 1 aliphatic heterocycles. The van der Waals surface area contributed by atoms with E-state index < -0.39 is 24.2 Å². The maximum Gasteiger partial charge on any atom is 0.271 e. The van der Waals surface area contributed by atoms with Crippen LogP contribution in [0.3, 0.4) is 0 Å². The lowest BCUT2D eigenvalue weighted by Crippen LogP contribution is -2.33. The number of nitrogens with one attached hydrogen (secondary N) is 4. The molecule has 4 aromatic rings. The molecule has 0 aromatic carbocycles. The minimum absolute atomic E-state index is 0.0232. The summed E-state index contributed by atoms with van der Waals surface area (Å²) in [5, 5.41) is 20.7. The highest BCUT2D eigenvalue weighted by atomic mass is 32.1. The van der Waals surface area contributed by atoms with Gasteiger partial charge < -0.3 is 21.3 Å². The third-order valence-electron chi connectivity index (χ3n) is 6.89. The van der Waals surface area contributed by atoms with Crippen molar-refractivity contribution >= 4 is 69.0 Å². The number of rotatable bonds is 2. The molecule has 44 heavy (non-hydrogen) atoms. The Bertz CT molecular complexity index is 1680. The number of aromatic nitrogens is 4. The van der Waals surface area contributed by atoms with Crippen molar-refractivity contribution in [1.82, 2.24) is 41.2 Å². The zero-order valence-electron chi connectivity index (χ0n) is 24.8. The number of nitrogens with zero attached hydrogens (tertiary/aromatic N) is 4. The predicted octanol–water partition coefficient (Wildman–Crippen LogP) is 5.06. The van der Waals surface area contributed by atoms with E-state index >= 15 is 0 Å². The Morgan fingerprint density at radius 3 is 1.09 bits per heavy atom. The van der Waals surface area contributed by atoms with Crippen molar-refractivity contribution in [2.24, 2.45) is 11.8 Å². The van der Waals surface area contributed by atoms with E-state index in [1.807, 2.05) is 27.7 Å². The van der Waals surface area contributed by atoms with Crippen LogP contribution in [0.15, 0.2) is 21.5 Å². The second-order valence-corrected chi connectivity index (χ2v) is 14.6. The van der Waals surface area contributed by atoms with Gasteiger partial charge in [0.05, 0.1) is 24.2 Å². The summed E-state index contributed by atoms with van der Waals surface area (Å²) < 4.78 is 0. The van der Waals surface area contributed by atoms with Crippen LogP contribution in [0.1, 0.15) is 128 Å². The van der Waals surface area contributed by atoms with Gasteiger partial charge in [-0.25, -0.2) is 19.9 Å². The lowest BCUT2D eigenvalue weighted by Gasteiger charge is -2.20. The largest absolute Gasteiger partial charge is 0.342 e. The van der Waals surface area contributed by atoms with E-state index in [2.05, 4.69) is 41.2 Å². The van der Waals surface area contributed by atoms with E-state index in [-0.39, 0.29) is 58.2 Å². The quantitative estimate of drug-likeness (QED) is 0.229. The smallest absolute Gasteiger partial charge is 0.271 e. The van der Waals surface area contributed by atoms with Crippen LogP contribution in [-0.4, -0.2) is 43.6 Å². The van der Waals surface area contributed by atoms with Crippen molar-refractivity contribution in [2.45, 2.75) is 65.7 Å². The van der Waals surface area contributed by atoms with Gasteiger partial charge in [0.15, 0.2) is 0 Å². The molecule has 0 saturated heterocycles. The first-order chi connectivity index (χ1) is 20.9. The Hall–Kier alpha value is -3.60. The molecule has 12 nitrogen and oxygen atoms in total. The fraction of sp³-hybridized carbons (Fsp3) is 0.429. The predicted molar refractivity (Wildman–Crippen MR) is 170 cm³/mol. The van der Waals surface area contributed by atoms with Gasteiger partial charge in [0.25, 0.3) is 23.6 Å². The van der Waals surface area contributed by atoms with Crippen LogP contribution in [0.25, 0.3) is 0 Å². The standard InChI is InChI=1S/C28H32N8O4S4/c1-11(2)19-27-33-16(9-43-27)22(38)30-13(5)25-31-15(7-41-25)21(37)29-14(6)26-32-17(8-42-26)23(39)35-20(12(3)4)28-34-18(10-44-28)24(40)36-19/h7-14,19-20H,1-6H3,(H,29,37)(H,30,38)(H,35,39)(H,36,40)/t13-,14-,19-,20-/m0/s1. The number of carbonyl (C=O) groups excluding carboxylic acids is 4. The summed E-state index contributed by atoms with van der Waals surface area (Å²) in [6.45, 7) is 11.4. The van der Waals surface area contributed by atoms with Gasteiger partial charge in [-0.15, -0.1) is 45.3 Å². The van der Waals surface area contributed by atoms with E-state index in [4.69, 9.17) is 0 Å². The summed E-state index contributed by atoms with van der Waals surface area (Å²) in [7, 11) is 0. The van der Waals surface area contributed by atoms with Crippen LogP contribution < -0.4 is 21.3 Å². The Morgan fingerprint density at radius 1 is 0.500 bits per heavy atom. The molecule has 1 aliphatic rings. The van der Waals surface area contributed by atoms with Gasteiger partial charge in [0, 0.05) is 21.5 Å². The topological polar surface area (TPSA) is 168 Å². The number of carbonyl (C=O) groups is 4. The van der Waals surface area contributed by atoms with Crippen molar-refractivity contribution in [1.29, 1.82) is 0 Å². The molecule has 0 aliphatic carbocycles. The average Bonchev–Trinajstić information content (AvgIpc) is 3.79. The Kier molecular flexibility index (Phi) is 9.53. The minimum atomic E-state index is -0.476. The van der Waals surface area contributed by atoms with Gasteiger partial charge in [-0.2, -0.15) is 0 Å². The summed E-state index contributed by atoms with van der Waals surface area (Å²) in [6, 6.07) is -1.86. The minimum Gasteiger partial charge on any atom is -0.342 e. The van der Waals surface area contributed by atoms with Gasteiger partial charge in [-0.1, -0.05) is 27.7 Å². The second-order valence-electron chi connectivity index (χ2n) is 11.1. The Balaban J connectivity index is 1.48. The Labute approximate surface area is 270 Å². The molecule has 0 spiro atoms. The molecule has 4 aromatic heterocycles. The molecular formula is C28H32N8O4S4. The molecule has 4 atom stereocenters. The molecule has 5 heterocycles. The average molecular weight is 673 g/mol. The first-order valence-corrected chi connectivity index (χ1v) is 17.5. The lowest BCUT2D eigenvalue weighted by molar-refractivity contribution is 0.0916. The van der Waals surface area contributed by atoms with Crippen LogP contribution in [0, 0.1) is 11.8 Å². The van der Waals surface area contributed by atoms with E-state index in [9.17, 15) is 19.2 Å². The van der Waals surface area contributed by atoms with Crippen LogP contribution in [-0.2, 0) is 0 Å². The maximum atomic E-state index is 13.3. The molecule has 0 saturated carbocycles. The SMILES string of the molecule is CC(C)[C@@H]1NC(=O)c2csc(n2)[C@H](C(C)C)NC(=O)c2csc(n2)[C@H](C)NC(=O)c2csc(n2)[C@H](C)NC(=O)c2csc1n2. The molecule has 8 bridgehead atoms. The lowest BCUT2D eigenvalue weighted by atomic mass is 10.0. The van der Waals surface area contributed by atoms with Gasteiger partial charge in [-0.3, -0.25) is 19.2 Å². The first kappa shape index (κ1) is 31.8. The van der Waals surface area contributed by atoms with Gasteiger partial charge in [0.2, 0.25) is 0 Å². The summed E-state index contributed by atoms with van der Waals surface area (Å²) in [4.78, 5) is 70.6. The molecule has 0 fully saturated rings. The van der Waals surface area contributed by atoms with E-state index in [0.717, 1.165) is 0 Å². The number of hydrogen-bond donors (Lipinski definition) is 4. The number of fused-ring (bicyclic) bond motifs is 8. The van der Waals surface area contributed by atoms with Crippen LogP contribution >= 0.6 is 45.3 Å². The highest BCUT2D eigenvalue weighted by Gasteiger charge is 2.29. The second kappa shape index (κ2) is 13.2. The number of thiazole rings is 4. The van der Waals surface area contributed by atoms with E-state index in [0.29, 0.717) is 20.0 Å². The maximum absolute atomic E-state index is 13.3. The number of hydrogen-bond acceptors (Lipinski definition) is 12. The van der Waals surface area contributed by atoms with E-state index in [1.54, 1.807) is 35.4 Å². The van der Waals surface area contributed by atoms with Gasteiger partial charge in [0.1, 0.15) is 42.8 Å². The molecule has 5 rings (SSSR count). The van der Waals surface area contributed by atoms with Crippen molar-refractivity contribution in [3.63, 3.8) is 0 Å². The zero-order valence-corrected chi connectivity index (χ0v) is 28.1. The molecule has 0 unspecified atom stereocenters. The van der Waals surface area contributed by atoms with Crippen molar-refractivity contribution in [3.8, 4) is 0 Å². The molecule has 0 radical (unpaired) electrons. The van der Waals surface area contributed by atoms with Gasteiger partial charge in [-0.05, 0) is 25.7 Å². The highest BCUT2D eigenvalue weighted by molar-refractivity contribution is 7.10. The highest BCUT2D eigenvalue weighted by Crippen LogP contribution is 2.29. The molecule has 4 N–H and O–H groups in total. The van der Waals surface area contributed by atoms with Crippen molar-refractivity contribution < 1.29 is 19.2 Å². The summed E-state index contributed by atoms with van der Waals surface area (Å²) in [5.41, 5.74) is 0.903. The summed E-state index contributed by atoms with van der Waals surface area (Å²) in [5.74, 6) is -1.57. The fourth-order valence-corrected chi connectivity index (χ4v) is 8.03. The molecule has 16 heteroatoms. The third-order valence-corrected chi connectivity index (χ3v) is 10.8. The molecule has 232 valence electrons. The Morgan fingerprint density at radius 2 is 0.773 bits per heavy atom. The van der Waals surface area contributed by atoms with Gasteiger partial charge >= 0.3 is 0 Å². The molecule has 4 amide bonds. The summed E-state index contributed by atoms with van der Waals surface area (Å²) in [6.07, 6.45) is 0. The number of amides is 4. The fourth-order valence-electron chi connectivity index (χ4n) is 4.37. The van der Waals surface area contributed by atoms with E-state index in [1.165, 1.54) is 45.3 Å². The normalized spacial score (nSPS) is 21.8. The third kappa shape index (κ3) is 6.87. The monoisotopic (exact) mass is 672 g/mol. The molecular weight excluding hydrogens is 641 g/mol. The first-order valence-electron chi connectivity index (χ1n) is 14.0.